The molecule has 2 heterocycles. The largest absolute Gasteiger partial charge is 0.497 e. The number of carbonyl (C=O) groups excluding carboxylic acids is 1. The first-order chi connectivity index (χ1) is 11.6. The van der Waals surface area contributed by atoms with Crippen LogP contribution in [0.15, 0.2) is 35.1 Å². The molecular weight excluding hydrogens is 376 g/mol. The fraction of sp³-hybridized carbons (Fsp3) is 0.188. The predicted molar refractivity (Wildman–Crippen MR) is 92.3 cm³/mol. The van der Waals surface area contributed by atoms with Gasteiger partial charge in [0, 0.05) is 18.2 Å². The van der Waals surface area contributed by atoms with E-state index in [1.807, 2.05) is 12.1 Å². The maximum absolute atomic E-state index is 12.4. The number of methoxy groups -OCH3 is 2. The lowest BCUT2D eigenvalue weighted by molar-refractivity contribution is 0.0945. The Hall–Kier alpha value is -2.61. The summed E-state index contributed by atoms with van der Waals surface area (Å²) in [5.74, 6) is 1.05. The molecule has 8 heteroatoms. The lowest BCUT2D eigenvalue weighted by atomic mass is 10.2. The van der Waals surface area contributed by atoms with Gasteiger partial charge in [-0.15, -0.1) is 0 Å². The van der Waals surface area contributed by atoms with Crippen LogP contribution in [0.4, 0.5) is 0 Å². The van der Waals surface area contributed by atoms with Crippen molar-refractivity contribution >= 4 is 32.7 Å². The summed E-state index contributed by atoms with van der Waals surface area (Å²) in [6.45, 7) is 0.312. The Morgan fingerprint density at radius 1 is 1.29 bits per heavy atom. The third-order valence-corrected chi connectivity index (χ3v) is 4.16. The van der Waals surface area contributed by atoms with Gasteiger partial charge in [-0.25, -0.2) is 4.98 Å². The number of carbonyl (C=O) groups is 1. The molecule has 0 aliphatic carbocycles. The zero-order chi connectivity index (χ0) is 17.1. The highest BCUT2D eigenvalue weighted by Crippen LogP contribution is 2.25. The van der Waals surface area contributed by atoms with Crippen LogP contribution in [0, 0.1) is 0 Å². The van der Waals surface area contributed by atoms with Crippen molar-refractivity contribution < 1.29 is 14.3 Å². The second kappa shape index (κ2) is 6.88. The summed E-state index contributed by atoms with van der Waals surface area (Å²) in [4.78, 5) is 16.6. The molecule has 0 fully saturated rings. The summed E-state index contributed by atoms with van der Waals surface area (Å²) < 4.78 is 11.1. The Bertz CT molecular complexity index is 894. The second-order valence-electron chi connectivity index (χ2n) is 4.99. The van der Waals surface area contributed by atoms with E-state index in [0.717, 1.165) is 16.5 Å². The molecule has 7 nitrogen and oxygen atoms in total. The molecule has 0 spiro atoms. The van der Waals surface area contributed by atoms with Crippen molar-refractivity contribution in [1.82, 2.24) is 20.5 Å². The van der Waals surface area contributed by atoms with Gasteiger partial charge in [-0.1, -0.05) is 0 Å². The smallest absolute Gasteiger partial charge is 0.270 e. The summed E-state index contributed by atoms with van der Waals surface area (Å²) in [7, 11) is 3.16. The quantitative estimate of drug-likeness (QED) is 0.653. The first kappa shape index (κ1) is 16.3. The summed E-state index contributed by atoms with van der Waals surface area (Å²) in [5.41, 5.74) is 1.88. The van der Waals surface area contributed by atoms with Crippen molar-refractivity contribution in [3.05, 3.63) is 46.3 Å². The number of halogens is 1. The van der Waals surface area contributed by atoms with E-state index in [-0.39, 0.29) is 5.91 Å². The van der Waals surface area contributed by atoms with Crippen molar-refractivity contribution in [2.24, 2.45) is 0 Å². The highest BCUT2D eigenvalue weighted by atomic mass is 79.9. The van der Waals surface area contributed by atoms with E-state index in [0.29, 0.717) is 28.3 Å². The Balaban J connectivity index is 1.77. The van der Waals surface area contributed by atoms with E-state index in [4.69, 9.17) is 9.47 Å². The molecule has 0 aliphatic rings. The van der Waals surface area contributed by atoms with E-state index >= 15 is 0 Å². The normalized spacial score (nSPS) is 10.6. The van der Waals surface area contributed by atoms with Crippen LogP contribution in [-0.4, -0.2) is 35.3 Å². The van der Waals surface area contributed by atoms with Gasteiger partial charge in [0.1, 0.15) is 21.8 Å². The number of benzene rings is 1. The Labute approximate surface area is 146 Å². The average molecular weight is 391 g/mol. The number of nitrogens with one attached hydrogen (secondary N) is 2. The number of nitrogens with zero attached hydrogens (tertiary/aromatic N) is 2. The number of pyridine rings is 1. The minimum Gasteiger partial charge on any atom is -0.497 e. The zero-order valence-corrected chi connectivity index (χ0v) is 14.7. The fourth-order valence-corrected chi connectivity index (χ4v) is 2.79. The molecule has 0 unspecified atom stereocenters. The molecule has 24 heavy (non-hydrogen) atoms. The predicted octanol–water partition coefficient (Wildman–Crippen LogP) is 2.67. The number of hydrogen-bond donors (Lipinski definition) is 2. The molecule has 0 saturated heterocycles. The van der Waals surface area contributed by atoms with Gasteiger partial charge >= 0.3 is 0 Å². The fourth-order valence-electron chi connectivity index (χ4n) is 2.29. The van der Waals surface area contributed by atoms with Crippen molar-refractivity contribution in [1.29, 1.82) is 0 Å². The molecule has 124 valence electrons. The highest BCUT2D eigenvalue weighted by molar-refractivity contribution is 9.10. The van der Waals surface area contributed by atoms with E-state index in [1.54, 1.807) is 32.5 Å². The van der Waals surface area contributed by atoms with Crippen molar-refractivity contribution in [2.45, 2.75) is 6.54 Å². The van der Waals surface area contributed by atoms with Crippen LogP contribution in [0.1, 0.15) is 16.1 Å². The first-order valence-corrected chi connectivity index (χ1v) is 7.90. The van der Waals surface area contributed by atoms with Gasteiger partial charge in [0.25, 0.3) is 5.91 Å². The maximum Gasteiger partial charge on any atom is 0.270 e. The van der Waals surface area contributed by atoms with Crippen molar-refractivity contribution in [3.8, 4) is 11.5 Å². The first-order valence-electron chi connectivity index (χ1n) is 7.11. The molecule has 3 rings (SSSR count). The Kier molecular flexibility index (Phi) is 4.66. The van der Waals surface area contributed by atoms with Gasteiger partial charge < -0.3 is 14.8 Å². The molecule has 1 aromatic carbocycles. The van der Waals surface area contributed by atoms with Crippen LogP contribution in [0.2, 0.25) is 0 Å². The van der Waals surface area contributed by atoms with E-state index in [2.05, 4.69) is 36.4 Å². The van der Waals surface area contributed by atoms with Gasteiger partial charge in [-0.05, 0) is 34.1 Å². The summed E-state index contributed by atoms with van der Waals surface area (Å²) in [5, 5.41) is 10.4. The average Bonchev–Trinajstić information content (AvgIpc) is 3.08. The monoisotopic (exact) mass is 390 g/mol. The van der Waals surface area contributed by atoms with Crippen molar-refractivity contribution in [3.63, 3.8) is 0 Å². The molecule has 0 radical (unpaired) electrons. The van der Waals surface area contributed by atoms with Crippen LogP contribution in [0.5, 0.6) is 11.5 Å². The lowest BCUT2D eigenvalue weighted by Gasteiger charge is -2.11. The molecule has 0 bridgehead atoms. The highest BCUT2D eigenvalue weighted by Gasteiger charge is 2.13. The molecule has 1 amide bonds. The number of hydrogen-bond acceptors (Lipinski definition) is 5. The topological polar surface area (TPSA) is 89.1 Å². The van der Waals surface area contributed by atoms with E-state index < -0.39 is 0 Å². The number of amides is 1. The zero-order valence-electron chi connectivity index (χ0n) is 13.1. The third kappa shape index (κ3) is 3.18. The number of ether oxygens (including phenoxy) is 2. The number of rotatable bonds is 5. The van der Waals surface area contributed by atoms with Crippen LogP contribution < -0.4 is 14.8 Å². The summed E-state index contributed by atoms with van der Waals surface area (Å²) in [6, 6.07) is 7.09. The number of aromatic nitrogens is 3. The van der Waals surface area contributed by atoms with Crippen LogP contribution >= 0.6 is 15.9 Å². The summed E-state index contributed by atoms with van der Waals surface area (Å²) >= 11 is 3.34. The standard InChI is InChI=1S/C16H15BrN4O3/c1-23-10-4-3-9(14(5-10)24-2)7-18-16(22)13-6-12-11(8-19-21-12)15(17)20-13/h3-6,8H,7H2,1-2H3,(H,18,22)(H,19,21). The van der Waals surface area contributed by atoms with Crippen LogP contribution in [0.25, 0.3) is 10.9 Å². The number of H-pyrrole nitrogens is 1. The molecule has 0 atom stereocenters. The van der Waals surface area contributed by atoms with Gasteiger partial charge in [0.15, 0.2) is 0 Å². The number of fused-ring (bicyclic) bond motifs is 1. The molecular formula is C16H15BrN4O3. The SMILES string of the molecule is COc1ccc(CNC(=O)c2cc3[nH]ncc3c(Br)n2)c(OC)c1. The third-order valence-electron chi connectivity index (χ3n) is 3.56. The summed E-state index contributed by atoms with van der Waals surface area (Å²) in [6.07, 6.45) is 1.65. The molecule has 2 N–H and O–H groups in total. The Morgan fingerprint density at radius 3 is 2.88 bits per heavy atom. The van der Waals surface area contributed by atoms with Crippen molar-refractivity contribution in [2.75, 3.05) is 14.2 Å². The second-order valence-corrected chi connectivity index (χ2v) is 5.74. The molecule has 3 aromatic rings. The maximum atomic E-state index is 12.4. The minimum atomic E-state index is -0.287. The van der Waals surface area contributed by atoms with Gasteiger partial charge in [0.2, 0.25) is 0 Å². The molecule has 0 aliphatic heterocycles. The van der Waals surface area contributed by atoms with Gasteiger partial charge in [-0.2, -0.15) is 5.10 Å². The van der Waals surface area contributed by atoms with Crippen LogP contribution in [-0.2, 0) is 6.54 Å². The Morgan fingerprint density at radius 2 is 2.12 bits per heavy atom. The minimum absolute atomic E-state index is 0.287. The van der Waals surface area contributed by atoms with E-state index in [1.165, 1.54) is 0 Å². The lowest BCUT2D eigenvalue weighted by Crippen LogP contribution is -2.24. The van der Waals surface area contributed by atoms with Gasteiger partial charge in [-0.3, -0.25) is 9.89 Å². The number of aromatic amines is 1. The van der Waals surface area contributed by atoms with Crippen LogP contribution in [0.3, 0.4) is 0 Å². The molecule has 0 saturated carbocycles. The molecule has 2 aromatic heterocycles. The van der Waals surface area contributed by atoms with Gasteiger partial charge in [0.05, 0.1) is 31.3 Å². The van der Waals surface area contributed by atoms with E-state index in [9.17, 15) is 4.79 Å².